The minimum Gasteiger partial charge on any atom is -0.496 e. The van der Waals surface area contributed by atoms with Gasteiger partial charge in [-0.1, -0.05) is 24.3 Å². The fraction of sp³-hybridized carbons (Fsp3) is 0.143. The molecule has 0 saturated heterocycles. The van der Waals surface area contributed by atoms with Gasteiger partial charge in [0.1, 0.15) is 11.5 Å². The van der Waals surface area contributed by atoms with Crippen LogP contribution < -0.4 is 14.8 Å². The van der Waals surface area contributed by atoms with Gasteiger partial charge in [0, 0.05) is 5.56 Å². The van der Waals surface area contributed by atoms with Crippen LogP contribution in [0.5, 0.6) is 11.5 Å². The summed E-state index contributed by atoms with van der Waals surface area (Å²) in [7, 11) is -1.40. The lowest BCUT2D eigenvalue weighted by Crippen LogP contribution is -2.08. The maximum atomic E-state index is 11.6. The van der Waals surface area contributed by atoms with E-state index in [0.717, 1.165) is 0 Å². The van der Waals surface area contributed by atoms with Crippen molar-refractivity contribution >= 4 is 12.9 Å². The number of methoxy groups -OCH3 is 2. The molecule has 2 aromatic rings. The molecule has 20 heavy (non-hydrogen) atoms. The van der Waals surface area contributed by atoms with E-state index in [2.05, 4.69) is 0 Å². The van der Waals surface area contributed by atoms with Crippen LogP contribution in [0.25, 0.3) is 11.1 Å². The van der Waals surface area contributed by atoms with Gasteiger partial charge in [-0.05, 0) is 18.2 Å². The fourth-order valence-corrected chi connectivity index (χ4v) is 2.84. The monoisotopic (exact) mass is 294 g/mol. The zero-order valence-electron chi connectivity index (χ0n) is 11.1. The molecule has 0 aliphatic carbocycles. The fourth-order valence-electron chi connectivity index (χ4n) is 2.06. The molecule has 0 aliphatic rings. The summed E-state index contributed by atoms with van der Waals surface area (Å²) in [5, 5.41) is -0.0530. The Morgan fingerprint density at radius 2 is 1.45 bits per heavy atom. The van der Waals surface area contributed by atoms with Gasteiger partial charge < -0.3 is 19.3 Å². The van der Waals surface area contributed by atoms with Gasteiger partial charge in [0.05, 0.1) is 25.1 Å². The van der Waals surface area contributed by atoms with Crippen molar-refractivity contribution in [3.8, 4) is 22.6 Å². The van der Waals surface area contributed by atoms with Crippen LogP contribution in [-0.4, -0.2) is 24.0 Å². The number of hydrogen-bond acceptors (Lipinski definition) is 3. The summed E-state index contributed by atoms with van der Waals surface area (Å²) in [5.74, 6) is 0.982. The normalized spacial score (nSPS) is 11.2. The van der Waals surface area contributed by atoms with Crippen molar-refractivity contribution in [1.82, 2.24) is 0 Å². The number of ether oxygens (including phenoxy) is 2. The molecule has 2 rings (SSSR count). The van der Waals surface area contributed by atoms with Crippen LogP contribution in [0.3, 0.4) is 0 Å². The highest BCUT2D eigenvalue weighted by Crippen LogP contribution is 2.43. The van der Waals surface area contributed by atoms with Crippen LogP contribution in [0, 0.1) is 0 Å². The van der Waals surface area contributed by atoms with E-state index in [0.29, 0.717) is 22.6 Å². The Labute approximate surface area is 116 Å². The number of benzene rings is 2. The van der Waals surface area contributed by atoms with Crippen molar-refractivity contribution in [2.45, 2.75) is 0 Å². The van der Waals surface area contributed by atoms with E-state index in [1.165, 1.54) is 20.3 Å². The number of hydrogen-bond donors (Lipinski definition) is 2. The minimum absolute atomic E-state index is 0.0530. The van der Waals surface area contributed by atoms with Gasteiger partial charge in [0.15, 0.2) is 0 Å². The molecular formula is C14H15O5P. The minimum atomic E-state index is -4.39. The molecule has 6 heteroatoms. The standard InChI is InChI=1S/C14H15O5P/c1-18-11-7-5-8-12(19-2)14(11)10-6-3-4-9-13(10)20(15,16)17/h3-9H,1-2H3,(H2,15,16,17). The second-order valence-electron chi connectivity index (χ2n) is 4.10. The predicted molar refractivity (Wildman–Crippen MR) is 76.7 cm³/mol. The van der Waals surface area contributed by atoms with E-state index in [1.807, 2.05) is 0 Å². The van der Waals surface area contributed by atoms with E-state index in [4.69, 9.17) is 9.47 Å². The van der Waals surface area contributed by atoms with Crippen molar-refractivity contribution in [2.24, 2.45) is 0 Å². The van der Waals surface area contributed by atoms with Gasteiger partial charge in [0.25, 0.3) is 0 Å². The first kappa shape index (κ1) is 14.6. The molecule has 0 radical (unpaired) electrons. The maximum Gasteiger partial charge on any atom is 0.356 e. The Hall–Kier alpha value is -1.81. The third-order valence-corrected chi connectivity index (χ3v) is 3.93. The molecule has 0 heterocycles. The maximum absolute atomic E-state index is 11.6. The lowest BCUT2D eigenvalue weighted by Gasteiger charge is -2.16. The second kappa shape index (κ2) is 5.67. The smallest absolute Gasteiger partial charge is 0.356 e. The summed E-state index contributed by atoms with van der Waals surface area (Å²) in [6, 6.07) is 11.5. The van der Waals surface area contributed by atoms with E-state index >= 15 is 0 Å². The quantitative estimate of drug-likeness (QED) is 0.845. The molecule has 2 N–H and O–H groups in total. The second-order valence-corrected chi connectivity index (χ2v) is 5.67. The molecule has 0 aromatic heterocycles. The zero-order valence-corrected chi connectivity index (χ0v) is 12.0. The summed E-state index contributed by atoms with van der Waals surface area (Å²) < 4.78 is 22.2. The van der Waals surface area contributed by atoms with Gasteiger partial charge in [-0.15, -0.1) is 0 Å². The largest absolute Gasteiger partial charge is 0.496 e. The van der Waals surface area contributed by atoms with Crippen molar-refractivity contribution in [3.05, 3.63) is 42.5 Å². The van der Waals surface area contributed by atoms with Crippen molar-refractivity contribution in [1.29, 1.82) is 0 Å². The Kier molecular flexibility index (Phi) is 4.14. The van der Waals surface area contributed by atoms with Gasteiger partial charge >= 0.3 is 7.60 Å². The third-order valence-electron chi connectivity index (χ3n) is 2.92. The first-order valence-corrected chi connectivity index (χ1v) is 7.46. The lowest BCUT2D eigenvalue weighted by atomic mass is 10.0. The van der Waals surface area contributed by atoms with E-state index in [-0.39, 0.29) is 5.30 Å². The Morgan fingerprint density at radius 3 is 1.95 bits per heavy atom. The average molecular weight is 294 g/mol. The van der Waals surface area contributed by atoms with Crippen LogP contribution in [0.1, 0.15) is 0 Å². The summed E-state index contributed by atoms with van der Waals surface area (Å²) in [4.78, 5) is 19.0. The molecule has 0 unspecified atom stereocenters. The van der Waals surface area contributed by atoms with E-state index in [9.17, 15) is 14.4 Å². The summed E-state index contributed by atoms with van der Waals surface area (Å²) in [5.41, 5.74) is 0.923. The van der Waals surface area contributed by atoms with Gasteiger partial charge in [-0.25, -0.2) is 0 Å². The average Bonchev–Trinajstić information content (AvgIpc) is 2.45. The molecule has 0 fully saturated rings. The molecule has 0 saturated carbocycles. The first-order chi connectivity index (χ1) is 9.49. The molecule has 0 spiro atoms. The van der Waals surface area contributed by atoms with Crippen molar-refractivity contribution in [2.75, 3.05) is 14.2 Å². The Balaban J connectivity index is 2.78. The van der Waals surface area contributed by atoms with Crippen LogP contribution >= 0.6 is 7.60 Å². The highest BCUT2D eigenvalue weighted by atomic mass is 31.2. The molecule has 0 bridgehead atoms. The molecule has 0 amide bonds. The molecule has 2 aromatic carbocycles. The topological polar surface area (TPSA) is 76.0 Å². The summed E-state index contributed by atoms with van der Waals surface area (Å²) in [6.45, 7) is 0. The highest BCUT2D eigenvalue weighted by molar-refractivity contribution is 7.60. The van der Waals surface area contributed by atoms with Crippen LogP contribution in [0.15, 0.2) is 42.5 Å². The van der Waals surface area contributed by atoms with E-state index in [1.54, 1.807) is 36.4 Å². The molecule has 0 aliphatic heterocycles. The Bertz CT molecular complexity index is 640. The van der Waals surface area contributed by atoms with Crippen LogP contribution in [0.4, 0.5) is 0 Å². The van der Waals surface area contributed by atoms with Gasteiger partial charge in [-0.3, -0.25) is 4.57 Å². The summed E-state index contributed by atoms with van der Waals surface area (Å²) >= 11 is 0. The van der Waals surface area contributed by atoms with Crippen LogP contribution in [0.2, 0.25) is 0 Å². The number of rotatable bonds is 4. The molecule has 106 valence electrons. The van der Waals surface area contributed by atoms with Crippen LogP contribution in [-0.2, 0) is 4.57 Å². The molecular weight excluding hydrogens is 279 g/mol. The van der Waals surface area contributed by atoms with Crippen molar-refractivity contribution in [3.63, 3.8) is 0 Å². The van der Waals surface area contributed by atoms with Crippen molar-refractivity contribution < 1.29 is 23.8 Å². The summed E-state index contributed by atoms with van der Waals surface area (Å²) in [6.07, 6.45) is 0. The SMILES string of the molecule is COc1cccc(OC)c1-c1ccccc1P(=O)(O)O. The molecule has 5 nitrogen and oxygen atoms in total. The van der Waals surface area contributed by atoms with Gasteiger partial charge in [-0.2, -0.15) is 0 Å². The molecule has 0 atom stereocenters. The van der Waals surface area contributed by atoms with E-state index < -0.39 is 7.60 Å². The third kappa shape index (κ3) is 2.70. The Morgan fingerprint density at radius 1 is 0.900 bits per heavy atom. The highest BCUT2D eigenvalue weighted by Gasteiger charge is 2.25. The zero-order chi connectivity index (χ0) is 14.8. The first-order valence-electron chi connectivity index (χ1n) is 5.85. The van der Waals surface area contributed by atoms with Gasteiger partial charge in [0.2, 0.25) is 0 Å². The predicted octanol–water partition coefficient (Wildman–Crippen LogP) is 2.17. The lowest BCUT2D eigenvalue weighted by molar-refractivity contribution is 0.387.